The zero-order valence-corrected chi connectivity index (χ0v) is 22.0. The van der Waals surface area contributed by atoms with E-state index < -0.39 is 63.9 Å². The second-order valence-electron chi connectivity index (χ2n) is 9.43. The van der Waals surface area contributed by atoms with E-state index in [4.69, 9.17) is 0 Å². The molecule has 0 saturated carbocycles. The van der Waals surface area contributed by atoms with Gasteiger partial charge in [0, 0.05) is 12.1 Å². The van der Waals surface area contributed by atoms with E-state index in [1.54, 1.807) is 0 Å². The summed E-state index contributed by atoms with van der Waals surface area (Å²) in [4.78, 5) is 0. The molecule has 11 heteroatoms. The molecule has 2 nitrogen and oxygen atoms in total. The van der Waals surface area contributed by atoms with Gasteiger partial charge >= 0.3 is 12.2 Å². The summed E-state index contributed by atoms with van der Waals surface area (Å²) in [5.74, 6) is -8.54. The lowest BCUT2D eigenvalue weighted by atomic mass is 9.99. The van der Waals surface area contributed by atoms with Crippen molar-refractivity contribution in [2.24, 2.45) is 0 Å². The first kappa shape index (κ1) is 30.8. The molecule has 0 aromatic heterocycles. The molecule has 42 heavy (non-hydrogen) atoms. The van der Waals surface area contributed by atoms with E-state index in [-0.39, 0.29) is 23.3 Å². The lowest BCUT2D eigenvalue weighted by Crippen LogP contribution is -2.23. The molecule has 0 radical (unpaired) electrons. The lowest BCUT2D eigenvalue weighted by molar-refractivity contribution is -0.187. The van der Waals surface area contributed by atoms with E-state index in [0.29, 0.717) is 24.1 Å². The smallest absolute Gasteiger partial charge is 0.426 e. The van der Waals surface area contributed by atoms with Crippen LogP contribution >= 0.6 is 0 Å². The maximum absolute atomic E-state index is 14.8. The highest BCUT2D eigenvalue weighted by molar-refractivity contribution is 5.65. The Morgan fingerprint density at radius 1 is 0.571 bits per heavy atom. The normalized spacial score (nSPS) is 12.0. The monoisotopic (exact) mass is 598 g/mol. The number of halogens is 9. The van der Waals surface area contributed by atoms with Gasteiger partial charge in [0.15, 0.2) is 17.5 Å². The SMILES string of the molecule is CCCCCc1cc(F)c(-c2ccc(C(F)(F)Oc3ccc(C(F)(F)Oc4cc(F)c(F)c(F)c4)cc3)cc2)c(F)c1. The first-order valence-electron chi connectivity index (χ1n) is 12.8. The van der Waals surface area contributed by atoms with Crippen LogP contribution in [-0.4, -0.2) is 0 Å². The standard InChI is InChI=1S/C31H23F9O2/c1-2-3-4-5-18-14-24(32)28(25(33)15-18)19-6-8-20(9-7-19)30(37,38)41-22-12-10-21(11-13-22)31(39,40)42-23-16-26(34)29(36)27(35)17-23/h6-17H,2-5H2,1H3. The van der Waals surface area contributed by atoms with Crippen LogP contribution in [-0.2, 0) is 18.6 Å². The first-order valence-corrected chi connectivity index (χ1v) is 12.8. The molecule has 0 saturated heterocycles. The molecule has 0 unspecified atom stereocenters. The molecule has 0 atom stereocenters. The van der Waals surface area contributed by atoms with Gasteiger partial charge in [0.2, 0.25) is 0 Å². The van der Waals surface area contributed by atoms with Crippen molar-refractivity contribution in [3.8, 4) is 22.6 Å². The summed E-state index contributed by atoms with van der Waals surface area (Å²) in [5.41, 5.74) is -1.41. The van der Waals surface area contributed by atoms with Gasteiger partial charge in [-0.05, 0) is 72.5 Å². The Kier molecular flexibility index (Phi) is 9.08. The van der Waals surface area contributed by atoms with Crippen LogP contribution in [0.1, 0.15) is 42.9 Å². The van der Waals surface area contributed by atoms with Gasteiger partial charge in [-0.1, -0.05) is 31.9 Å². The second-order valence-corrected chi connectivity index (χ2v) is 9.43. The van der Waals surface area contributed by atoms with Crippen molar-refractivity contribution in [3.63, 3.8) is 0 Å². The second kappa shape index (κ2) is 12.4. The predicted molar refractivity (Wildman–Crippen MR) is 137 cm³/mol. The fourth-order valence-electron chi connectivity index (χ4n) is 4.18. The quantitative estimate of drug-likeness (QED) is 0.0972. The van der Waals surface area contributed by atoms with Crippen molar-refractivity contribution in [2.75, 3.05) is 0 Å². The third-order valence-corrected chi connectivity index (χ3v) is 6.32. The van der Waals surface area contributed by atoms with Gasteiger partial charge in [-0.2, -0.15) is 17.6 Å². The zero-order chi connectivity index (χ0) is 30.7. The number of hydrogen-bond acceptors (Lipinski definition) is 2. The highest BCUT2D eigenvalue weighted by Crippen LogP contribution is 2.37. The Labute approximate surface area is 235 Å². The van der Waals surface area contributed by atoms with Crippen LogP contribution in [0.4, 0.5) is 39.5 Å². The molecule has 0 aliphatic carbocycles. The molecule has 222 valence electrons. The highest BCUT2D eigenvalue weighted by atomic mass is 19.3. The third kappa shape index (κ3) is 7.00. The molecule has 0 bridgehead atoms. The Balaban J connectivity index is 1.46. The van der Waals surface area contributed by atoms with Gasteiger partial charge in [0.05, 0.1) is 16.7 Å². The molecular weight excluding hydrogens is 575 g/mol. The minimum atomic E-state index is -4.17. The molecule has 0 aliphatic rings. The summed E-state index contributed by atoms with van der Waals surface area (Å²) < 4.78 is 137. The highest BCUT2D eigenvalue weighted by Gasteiger charge is 2.37. The van der Waals surface area contributed by atoms with Crippen LogP contribution in [0.2, 0.25) is 0 Å². The number of aryl methyl sites for hydroxylation is 1. The predicted octanol–water partition coefficient (Wildman–Crippen LogP) is 10.0. The van der Waals surface area contributed by atoms with Crippen molar-refractivity contribution < 1.29 is 49.0 Å². The van der Waals surface area contributed by atoms with Gasteiger partial charge < -0.3 is 9.47 Å². The van der Waals surface area contributed by atoms with Crippen LogP contribution in [0.25, 0.3) is 11.1 Å². The fourth-order valence-corrected chi connectivity index (χ4v) is 4.18. The minimum Gasteiger partial charge on any atom is -0.429 e. The molecule has 0 aliphatic heterocycles. The molecule has 0 heterocycles. The number of unbranched alkanes of at least 4 members (excludes halogenated alkanes) is 2. The van der Waals surface area contributed by atoms with Crippen molar-refractivity contribution in [3.05, 3.63) is 119 Å². The molecule has 0 fully saturated rings. The van der Waals surface area contributed by atoms with E-state index in [0.717, 1.165) is 55.7 Å². The van der Waals surface area contributed by atoms with Gasteiger partial charge in [0.1, 0.15) is 23.1 Å². The van der Waals surface area contributed by atoms with E-state index >= 15 is 0 Å². The summed E-state index contributed by atoms with van der Waals surface area (Å²) in [7, 11) is 0. The zero-order valence-electron chi connectivity index (χ0n) is 22.0. The topological polar surface area (TPSA) is 18.5 Å². The molecule has 4 aromatic carbocycles. The summed E-state index contributed by atoms with van der Waals surface area (Å²) in [6.45, 7) is 2.00. The molecule has 4 rings (SSSR count). The number of hydrogen-bond donors (Lipinski definition) is 0. The van der Waals surface area contributed by atoms with E-state index in [1.807, 2.05) is 6.92 Å². The van der Waals surface area contributed by atoms with Gasteiger partial charge in [-0.3, -0.25) is 0 Å². The maximum atomic E-state index is 14.8. The van der Waals surface area contributed by atoms with Crippen molar-refractivity contribution >= 4 is 0 Å². The average molecular weight is 599 g/mol. The van der Waals surface area contributed by atoms with Gasteiger partial charge in [-0.15, -0.1) is 0 Å². The van der Waals surface area contributed by atoms with Crippen molar-refractivity contribution in [1.82, 2.24) is 0 Å². The summed E-state index contributed by atoms with van der Waals surface area (Å²) in [6.07, 6.45) is -5.00. The maximum Gasteiger partial charge on any atom is 0.426 e. The largest absolute Gasteiger partial charge is 0.429 e. The fraction of sp³-hybridized carbons (Fsp3) is 0.226. The Bertz CT molecular complexity index is 1490. The average Bonchev–Trinajstić information content (AvgIpc) is 2.92. The van der Waals surface area contributed by atoms with Gasteiger partial charge in [0.25, 0.3) is 0 Å². The number of ether oxygens (including phenoxy) is 2. The summed E-state index contributed by atoms with van der Waals surface area (Å²) in [6, 6.07) is 9.86. The Hall–Kier alpha value is -4.15. The molecule has 0 N–H and O–H groups in total. The number of rotatable bonds is 11. The third-order valence-electron chi connectivity index (χ3n) is 6.32. The van der Waals surface area contributed by atoms with E-state index in [2.05, 4.69) is 9.47 Å². The van der Waals surface area contributed by atoms with Crippen LogP contribution in [0.15, 0.2) is 72.8 Å². The molecule has 0 spiro atoms. The molecule has 0 amide bonds. The van der Waals surface area contributed by atoms with E-state index in [1.165, 1.54) is 12.1 Å². The number of alkyl halides is 4. The number of benzene rings is 4. The van der Waals surface area contributed by atoms with E-state index in [9.17, 15) is 39.5 Å². The van der Waals surface area contributed by atoms with Crippen LogP contribution in [0.3, 0.4) is 0 Å². The Morgan fingerprint density at radius 2 is 1.05 bits per heavy atom. The van der Waals surface area contributed by atoms with Crippen molar-refractivity contribution in [2.45, 2.75) is 44.8 Å². The molecular formula is C31H23F9O2. The van der Waals surface area contributed by atoms with Crippen LogP contribution in [0, 0.1) is 29.1 Å². The Morgan fingerprint density at radius 3 is 1.55 bits per heavy atom. The lowest BCUT2D eigenvalue weighted by Gasteiger charge is -2.21. The van der Waals surface area contributed by atoms with Crippen molar-refractivity contribution in [1.29, 1.82) is 0 Å². The van der Waals surface area contributed by atoms with Gasteiger partial charge in [-0.25, -0.2) is 22.0 Å². The summed E-state index contributed by atoms with van der Waals surface area (Å²) >= 11 is 0. The first-order chi connectivity index (χ1) is 19.8. The van der Waals surface area contributed by atoms with Crippen LogP contribution < -0.4 is 9.47 Å². The molecule has 4 aromatic rings. The summed E-state index contributed by atoms with van der Waals surface area (Å²) in [5, 5.41) is 0. The minimum absolute atomic E-state index is 0.0251. The van der Waals surface area contributed by atoms with Crippen LogP contribution in [0.5, 0.6) is 11.5 Å².